The SMILES string of the molecule is C=S(C)c1cnn(-c2cc(C)c(C)cc2C)c(=O)c1N. The molecule has 1 unspecified atom stereocenters. The molecule has 1 heterocycles. The molecule has 0 aliphatic rings. The van der Waals surface area contributed by atoms with Gasteiger partial charge in [-0.1, -0.05) is 11.9 Å². The van der Waals surface area contributed by atoms with E-state index in [0.29, 0.717) is 4.90 Å². The fraction of sp³-hybridized carbons (Fsp3) is 0.267. The molecule has 20 heavy (non-hydrogen) atoms. The zero-order valence-electron chi connectivity index (χ0n) is 12.2. The van der Waals surface area contributed by atoms with Crippen molar-refractivity contribution in [2.75, 3.05) is 12.0 Å². The van der Waals surface area contributed by atoms with Crippen LogP contribution in [0.25, 0.3) is 5.69 Å². The van der Waals surface area contributed by atoms with Crippen LogP contribution >= 0.6 is 10.5 Å². The Bertz CT molecular complexity index is 762. The number of nitrogen functional groups attached to an aromatic ring is 1. The lowest BCUT2D eigenvalue weighted by Gasteiger charge is -2.13. The Labute approximate surface area is 121 Å². The lowest BCUT2D eigenvalue weighted by Crippen LogP contribution is -2.25. The molecule has 0 aliphatic carbocycles. The van der Waals surface area contributed by atoms with E-state index >= 15 is 0 Å². The third-order valence-electron chi connectivity index (χ3n) is 3.39. The van der Waals surface area contributed by atoms with Gasteiger partial charge in [0.1, 0.15) is 5.69 Å². The van der Waals surface area contributed by atoms with Crippen LogP contribution < -0.4 is 11.3 Å². The Hall–Kier alpha value is -1.88. The van der Waals surface area contributed by atoms with Gasteiger partial charge in [0, 0.05) is 4.90 Å². The highest BCUT2D eigenvalue weighted by atomic mass is 32.2. The van der Waals surface area contributed by atoms with E-state index in [9.17, 15) is 4.79 Å². The summed E-state index contributed by atoms with van der Waals surface area (Å²) in [4.78, 5) is 13.1. The monoisotopic (exact) mass is 289 g/mol. The minimum absolute atomic E-state index is 0.235. The van der Waals surface area contributed by atoms with E-state index < -0.39 is 0 Å². The van der Waals surface area contributed by atoms with Crippen LogP contribution in [0.4, 0.5) is 5.69 Å². The van der Waals surface area contributed by atoms with Gasteiger partial charge in [0.2, 0.25) is 0 Å². The summed E-state index contributed by atoms with van der Waals surface area (Å²) in [7, 11) is -0.330. The first-order valence-corrected chi connectivity index (χ1v) is 8.04. The van der Waals surface area contributed by atoms with E-state index in [1.54, 1.807) is 6.20 Å². The summed E-state index contributed by atoms with van der Waals surface area (Å²) >= 11 is 0. The molecule has 0 aliphatic heterocycles. The quantitative estimate of drug-likeness (QED) is 0.864. The second-order valence-corrected chi connectivity index (χ2v) is 6.71. The Morgan fingerprint density at radius 2 is 1.80 bits per heavy atom. The average Bonchev–Trinajstić information content (AvgIpc) is 2.37. The minimum atomic E-state index is -0.330. The van der Waals surface area contributed by atoms with Crippen LogP contribution in [-0.4, -0.2) is 21.9 Å². The van der Waals surface area contributed by atoms with Gasteiger partial charge in [-0.25, -0.2) is 0 Å². The first kappa shape index (κ1) is 14.5. The van der Waals surface area contributed by atoms with Crippen molar-refractivity contribution in [2.24, 2.45) is 0 Å². The molecule has 0 radical (unpaired) electrons. The summed E-state index contributed by atoms with van der Waals surface area (Å²) in [6.45, 7) is 6.03. The smallest absolute Gasteiger partial charge is 0.295 e. The first-order valence-electron chi connectivity index (χ1n) is 6.24. The zero-order valence-corrected chi connectivity index (χ0v) is 13.0. The largest absolute Gasteiger partial charge is 0.393 e. The summed E-state index contributed by atoms with van der Waals surface area (Å²) in [5.74, 6) is 3.92. The third-order valence-corrected chi connectivity index (χ3v) is 4.47. The Kier molecular flexibility index (Phi) is 3.81. The van der Waals surface area contributed by atoms with Gasteiger partial charge in [-0.15, -0.1) is 0 Å². The summed E-state index contributed by atoms with van der Waals surface area (Å²) in [5.41, 5.74) is 9.97. The van der Waals surface area contributed by atoms with Crippen LogP contribution in [0.5, 0.6) is 0 Å². The van der Waals surface area contributed by atoms with E-state index in [1.165, 1.54) is 10.2 Å². The Morgan fingerprint density at radius 3 is 2.40 bits per heavy atom. The van der Waals surface area contributed by atoms with Gasteiger partial charge < -0.3 is 5.73 Å². The van der Waals surface area contributed by atoms with Gasteiger partial charge in [0.05, 0.1) is 11.9 Å². The molecule has 0 spiro atoms. The van der Waals surface area contributed by atoms with Crippen molar-refractivity contribution in [1.29, 1.82) is 0 Å². The molecule has 0 saturated heterocycles. The summed E-state index contributed by atoms with van der Waals surface area (Å²) in [5, 5.41) is 4.25. The molecule has 2 N–H and O–H groups in total. The molecule has 0 saturated carbocycles. The third kappa shape index (κ3) is 2.41. The topological polar surface area (TPSA) is 60.9 Å². The second-order valence-electron chi connectivity index (χ2n) is 5.00. The maximum atomic E-state index is 12.4. The lowest BCUT2D eigenvalue weighted by molar-refractivity contribution is 0.789. The first-order chi connectivity index (χ1) is 9.32. The number of nitrogens with zero attached hydrogens (tertiary/aromatic N) is 2. The highest BCUT2D eigenvalue weighted by molar-refractivity contribution is 8.13. The van der Waals surface area contributed by atoms with Gasteiger partial charge in [0.15, 0.2) is 0 Å². The van der Waals surface area contributed by atoms with E-state index in [0.717, 1.165) is 16.8 Å². The molecule has 0 fully saturated rings. The lowest BCUT2D eigenvalue weighted by atomic mass is 10.1. The summed E-state index contributed by atoms with van der Waals surface area (Å²) in [6, 6.07) is 4.02. The van der Waals surface area contributed by atoms with E-state index in [1.807, 2.05) is 33.1 Å². The van der Waals surface area contributed by atoms with Crippen molar-refractivity contribution in [3.05, 3.63) is 45.4 Å². The Balaban J connectivity index is 2.72. The van der Waals surface area contributed by atoms with E-state index in [-0.39, 0.29) is 21.7 Å². The fourth-order valence-electron chi connectivity index (χ4n) is 2.07. The van der Waals surface area contributed by atoms with Crippen molar-refractivity contribution in [1.82, 2.24) is 9.78 Å². The molecule has 4 nitrogen and oxygen atoms in total. The molecular formula is C15H19N3OS. The zero-order chi connectivity index (χ0) is 15.0. The molecule has 2 aromatic rings. The van der Waals surface area contributed by atoms with E-state index in [2.05, 4.69) is 17.0 Å². The number of anilines is 1. The van der Waals surface area contributed by atoms with Crippen LogP contribution in [-0.2, 0) is 0 Å². The molecule has 0 bridgehead atoms. The highest BCUT2D eigenvalue weighted by Gasteiger charge is 2.12. The van der Waals surface area contributed by atoms with Crippen LogP contribution in [0.2, 0.25) is 0 Å². The number of aryl methyl sites for hydroxylation is 3. The maximum Gasteiger partial charge on any atom is 0.295 e. The number of hydrogen-bond donors (Lipinski definition) is 1. The van der Waals surface area contributed by atoms with Crippen LogP contribution in [0.1, 0.15) is 16.7 Å². The van der Waals surface area contributed by atoms with Gasteiger partial charge >= 0.3 is 0 Å². The number of benzene rings is 1. The molecule has 1 aromatic carbocycles. The average molecular weight is 289 g/mol. The summed E-state index contributed by atoms with van der Waals surface area (Å²) < 4.78 is 1.37. The van der Waals surface area contributed by atoms with Crippen molar-refractivity contribution in [3.8, 4) is 5.69 Å². The maximum absolute atomic E-state index is 12.4. The van der Waals surface area contributed by atoms with Crippen LogP contribution in [0, 0.1) is 20.8 Å². The number of hydrogen-bond acceptors (Lipinski definition) is 3. The van der Waals surface area contributed by atoms with Crippen LogP contribution in [0.15, 0.2) is 28.0 Å². The Morgan fingerprint density at radius 1 is 1.20 bits per heavy atom. The molecular weight excluding hydrogens is 270 g/mol. The van der Waals surface area contributed by atoms with Gasteiger partial charge in [-0.3, -0.25) is 4.79 Å². The fourth-order valence-corrected chi connectivity index (χ4v) is 2.76. The molecule has 1 aromatic heterocycles. The van der Waals surface area contributed by atoms with Gasteiger partial charge in [-0.2, -0.15) is 20.3 Å². The highest BCUT2D eigenvalue weighted by Crippen LogP contribution is 2.24. The normalized spacial score (nSPS) is 12.4. The van der Waals surface area contributed by atoms with Gasteiger partial charge in [0.25, 0.3) is 5.56 Å². The van der Waals surface area contributed by atoms with E-state index in [4.69, 9.17) is 5.73 Å². The molecule has 106 valence electrons. The predicted octanol–water partition coefficient (Wildman–Crippen LogP) is 2.43. The number of aromatic nitrogens is 2. The van der Waals surface area contributed by atoms with Crippen LogP contribution in [0.3, 0.4) is 0 Å². The van der Waals surface area contributed by atoms with Crippen molar-refractivity contribution < 1.29 is 0 Å². The molecule has 2 rings (SSSR count). The number of nitrogens with two attached hydrogens (primary N) is 1. The molecule has 5 heteroatoms. The second kappa shape index (κ2) is 5.25. The van der Waals surface area contributed by atoms with Crippen molar-refractivity contribution in [3.63, 3.8) is 0 Å². The molecule has 0 amide bonds. The molecule has 1 atom stereocenters. The number of rotatable bonds is 2. The predicted molar refractivity (Wildman–Crippen MR) is 87.4 cm³/mol. The summed E-state index contributed by atoms with van der Waals surface area (Å²) in [6.07, 6.45) is 3.56. The van der Waals surface area contributed by atoms with Crippen molar-refractivity contribution >= 4 is 22.0 Å². The standard InChI is InChI=1S/C15H19N3OS/c1-9-6-11(3)12(7-10(9)2)18-15(19)14(16)13(8-17-18)20(4)5/h6-8H,4,16H2,1-3,5H3. The van der Waals surface area contributed by atoms with Crippen molar-refractivity contribution in [2.45, 2.75) is 25.7 Å². The van der Waals surface area contributed by atoms with Gasteiger partial charge in [-0.05, 0) is 49.8 Å². The minimum Gasteiger partial charge on any atom is -0.393 e.